The Labute approximate surface area is 114 Å². The molecule has 2 aliphatic heterocycles. The molecule has 1 aromatic carbocycles. The molecule has 1 saturated heterocycles. The standard InChI is InChI=1S/C15H21N3O/c16-12-5-6-14-11(9-12)3-2-8-18(14)13-4-1-7-17-15(19)10-13/h5-6,9,13H,1-4,7-8,10,16H2,(H,17,19). The van der Waals surface area contributed by atoms with Crippen molar-refractivity contribution in [3.63, 3.8) is 0 Å². The maximum absolute atomic E-state index is 11.7. The van der Waals surface area contributed by atoms with Crippen LogP contribution in [0, 0.1) is 0 Å². The number of amides is 1. The predicted molar refractivity (Wildman–Crippen MR) is 77.2 cm³/mol. The number of hydrogen-bond acceptors (Lipinski definition) is 3. The van der Waals surface area contributed by atoms with Crippen molar-refractivity contribution in [2.24, 2.45) is 0 Å². The van der Waals surface area contributed by atoms with Crippen molar-refractivity contribution in [1.82, 2.24) is 5.32 Å². The molecule has 0 aromatic heterocycles. The van der Waals surface area contributed by atoms with Crippen molar-refractivity contribution in [1.29, 1.82) is 0 Å². The summed E-state index contributed by atoms with van der Waals surface area (Å²) < 4.78 is 0. The van der Waals surface area contributed by atoms with Gasteiger partial charge in [0.2, 0.25) is 5.91 Å². The smallest absolute Gasteiger partial charge is 0.222 e. The van der Waals surface area contributed by atoms with Crippen molar-refractivity contribution < 1.29 is 4.79 Å². The van der Waals surface area contributed by atoms with E-state index in [2.05, 4.69) is 22.3 Å². The fourth-order valence-corrected chi connectivity index (χ4v) is 3.25. The van der Waals surface area contributed by atoms with Gasteiger partial charge in [-0.1, -0.05) is 0 Å². The Morgan fingerprint density at radius 2 is 2.21 bits per heavy atom. The molecule has 2 aliphatic rings. The van der Waals surface area contributed by atoms with E-state index in [1.54, 1.807) is 0 Å². The minimum atomic E-state index is 0.185. The maximum atomic E-state index is 11.7. The van der Waals surface area contributed by atoms with Gasteiger partial charge in [-0.2, -0.15) is 0 Å². The summed E-state index contributed by atoms with van der Waals surface area (Å²) in [7, 11) is 0. The normalized spacial score (nSPS) is 23.5. The van der Waals surface area contributed by atoms with E-state index in [0.717, 1.165) is 44.5 Å². The highest BCUT2D eigenvalue weighted by molar-refractivity contribution is 5.77. The number of nitrogens with zero attached hydrogens (tertiary/aromatic N) is 1. The molecule has 0 radical (unpaired) electrons. The minimum Gasteiger partial charge on any atom is -0.399 e. The first kappa shape index (κ1) is 12.3. The monoisotopic (exact) mass is 259 g/mol. The number of fused-ring (bicyclic) bond motifs is 1. The van der Waals surface area contributed by atoms with Crippen LogP contribution in [0.2, 0.25) is 0 Å². The number of anilines is 2. The van der Waals surface area contributed by atoms with Gasteiger partial charge in [-0.05, 0) is 49.4 Å². The molecule has 1 fully saturated rings. The van der Waals surface area contributed by atoms with E-state index in [9.17, 15) is 4.79 Å². The van der Waals surface area contributed by atoms with Gasteiger partial charge >= 0.3 is 0 Å². The lowest BCUT2D eigenvalue weighted by Crippen LogP contribution is -2.40. The van der Waals surface area contributed by atoms with Crippen LogP contribution in [-0.2, 0) is 11.2 Å². The van der Waals surface area contributed by atoms with Gasteiger partial charge in [0.25, 0.3) is 0 Å². The molecule has 1 aromatic rings. The second kappa shape index (κ2) is 5.11. The average molecular weight is 259 g/mol. The SMILES string of the molecule is Nc1ccc2c(c1)CCCN2C1CCCNC(=O)C1. The van der Waals surface area contributed by atoms with E-state index in [-0.39, 0.29) is 5.91 Å². The van der Waals surface area contributed by atoms with Crippen molar-refractivity contribution in [2.75, 3.05) is 23.7 Å². The number of nitrogens with one attached hydrogen (secondary N) is 1. The lowest BCUT2D eigenvalue weighted by Gasteiger charge is -2.37. The fourth-order valence-electron chi connectivity index (χ4n) is 3.25. The van der Waals surface area contributed by atoms with E-state index in [4.69, 9.17) is 5.73 Å². The van der Waals surface area contributed by atoms with Gasteiger partial charge in [0.1, 0.15) is 0 Å². The molecule has 19 heavy (non-hydrogen) atoms. The van der Waals surface area contributed by atoms with Crippen LogP contribution in [0.25, 0.3) is 0 Å². The Hall–Kier alpha value is -1.71. The number of nitrogen functional groups attached to an aromatic ring is 1. The Morgan fingerprint density at radius 1 is 1.32 bits per heavy atom. The second-order valence-electron chi connectivity index (χ2n) is 5.54. The van der Waals surface area contributed by atoms with Crippen molar-refractivity contribution in [2.45, 2.75) is 38.1 Å². The molecular weight excluding hydrogens is 238 g/mol. The molecule has 2 heterocycles. The van der Waals surface area contributed by atoms with E-state index in [0.29, 0.717) is 12.5 Å². The van der Waals surface area contributed by atoms with E-state index < -0.39 is 0 Å². The molecule has 4 nitrogen and oxygen atoms in total. The topological polar surface area (TPSA) is 58.4 Å². The highest BCUT2D eigenvalue weighted by Gasteiger charge is 2.27. The third kappa shape index (κ3) is 2.53. The lowest BCUT2D eigenvalue weighted by atomic mass is 9.97. The van der Waals surface area contributed by atoms with Gasteiger partial charge < -0.3 is 16.0 Å². The lowest BCUT2D eigenvalue weighted by molar-refractivity contribution is -0.121. The maximum Gasteiger partial charge on any atom is 0.222 e. The molecule has 0 spiro atoms. The average Bonchev–Trinajstić information content (AvgIpc) is 2.62. The Bertz CT molecular complexity index is 486. The first-order chi connectivity index (χ1) is 9.24. The molecule has 4 heteroatoms. The summed E-state index contributed by atoms with van der Waals surface area (Å²) in [6.45, 7) is 1.87. The number of carbonyl (C=O) groups is 1. The number of nitrogens with two attached hydrogens (primary N) is 1. The van der Waals surface area contributed by atoms with Gasteiger partial charge in [-0.3, -0.25) is 4.79 Å². The van der Waals surface area contributed by atoms with Crippen LogP contribution in [-0.4, -0.2) is 25.0 Å². The van der Waals surface area contributed by atoms with Crippen LogP contribution in [0.5, 0.6) is 0 Å². The van der Waals surface area contributed by atoms with Crippen LogP contribution in [0.3, 0.4) is 0 Å². The van der Waals surface area contributed by atoms with Crippen LogP contribution in [0.4, 0.5) is 11.4 Å². The summed E-state index contributed by atoms with van der Waals surface area (Å²) in [4.78, 5) is 14.2. The van der Waals surface area contributed by atoms with Gasteiger partial charge in [0, 0.05) is 36.9 Å². The summed E-state index contributed by atoms with van der Waals surface area (Å²) in [6.07, 6.45) is 5.01. The molecule has 1 amide bonds. The van der Waals surface area contributed by atoms with Crippen molar-refractivity contribution >= 4 is 17.3 Å². The van der Waals surface area contributed by atoms with Crippen molar-refractivity contribution in [3.8, 4) is 0 Å². The molecule has 1 atom stereocenters. The summed E-state index contributed by atoms with van der Waals surface area (Å²) in [5, 5.41) is 2.96. The zero-order valence-corrected chi connectivity index (χ0v) is 11.2. The van der Waals surface area contributed by atoms with E-state index >= 15 is 0 Å². The zero-order chi connectivity index (χ0) is 13.2. The molecule has 3 rings (SSSR count). The first-order valence-electron chi connectivity index (χ1n) is 7.16. The summed E-state index contributed by atoms with van der Waals surface area (Å²) in [5.41, 5.74) is 9.31. The van der Waals surface area contributed by atoms with Gasteiger partial charge in [0.15, 0.2) is 0 Å². The third-order valence-electron chi connectivity index (χ3n) is 4.16. The third-order valence-corrected chi connectivity index (χ3v) is 4.16. The van der Waals surface area contributed by atoms with Crippen LogP contribution >= 0.6 is 0 Å². The van der Waals surface area contributed by atoms with Gasteiger partial charge in [-0.25, -0.2) is 0 Å². The molecule has 0 aliphatic carbocycles. The number of benzene rings is 1. The number of aryl methyl sites for hydroxylation is 1. The second-order valence-corrected chi connectivity index (χ2v) is 5.54. The quantitative estimate of drug-likeness (QED) is 0.755. The number of hydrogen-bond donors (Lipinski definition) is 2. The van der Waals surface area contributed by atoms with Crippen molar-refractivity contribution in [3.05, 3.63) is 23.8 Å². The molecule has 1 unspecified atom stereocenters. The Morgan fingerprint density at radius 3 is 3.11 bits per heavy atom. The highest BCUT2D eigenvalue weighted by atomic mass is 16.1. The van der Waals surface area contributed by atoms with Gasteiger partial charge in [-0.15, -0.1) is 0 Å². The molecule has 102 valence electrons. The van der Waals surface area contributed by atoms with Crippen LogP contribution in [0.15, 0.2) is 18.2 Å². The summed E-state index contributed by atoms with van der Waals surface area (Å²) in [5.74, 6) is 0.185. The Balaban J connectivity index is 1.88. The van der Waals surface area contributed by atoms with Crippen LogP contribution in [0.1, 0.15) is 31.2 Å². The molecule has 3 N–H and O–H groups in total. The molecular formula is C15H21N3O. The first-order valence-corrected chi connectivity index (χ1v) is 7.16. The zero-order valence-electron chi connectivity index (χ0n) is 11.2. The van der Waals surface area contributed by atoms with E-state index in [1.807, 2.05) is 6.07 Å². The summed E-state index contributed by atoms with van der Waals surface area (Å²) >= 11 is 0. The number of rotatable bonds is 1. The molecule has 0 saturated carbocycles. The Kier molecular flexibility index (Phi) is 3.32. The van der Waals surface area contributed by atoms with E-state index in [1.165, 1.54) is 11.3 Å². The highest BCUT2D eigenvalue weighted by Crippen LogP contribution is 2.32. The predicted octanol–water partition coefficient (Wildman–Crippen LogP) is 1.69. The fraction of sp³-hybridized carbons (Fsp3) is 0.533. The van der Waals surface area contributed by atoms with Gasteiger partial charge in [0.05, 0.1) is 0 Å². The largest absolute Gasteiger partial charge is 0.399 e. The van der Waals surface area contributed by atoms with Crippen LogP contribution < -0.4 is 16.0 Å². The molecule has 0 bridgehead atoms. The number of carbonyl (C=O) groups excluding carboxylic acids is 1. The summed E-state index contributed by atoms with van der Waals surface area (Å²) in [6, 6.07) is 6.50. The minimum absolute atomic E-state index is 0.185.